The number of carbonyl (C=O) groups excluding carboxylic acids is 1. The van der Waals surface area contributed by atoms with Gasteiger partial charge < -0.3 is 15.5 Å². The van der Waals surface area contributed by atoms with Gasteiger partial charge in [-0.05, 0) is 103 Å². The molecule has 0 spiro atoms. The molecule has 0 heterocycles. The Morgan fingerprint density at radius 1 is 0.368 bits per heavy atom. The molecular formula is C64H109NO3. The van der Waals surface area contributed by atoms with Crippen molar-refractivity contribution in [1.82, 2.24) is 5.32 Å². The summed E-state index contributed by atoms with van der Waals surface area (Å²) in [7, 11) is 0. The molecule has 388 valence electrons. The molecule has 3 N–H and O–H groups in total. The maximum atomic E-state index is 12.5. The molecule has 4 heteroatoms. The third-order valence-electron chi connectivity index (χ3n) is 12.4. The second-order valence-electron chi connectivity index (χ2n) is 19.0. The summed E-state index contributed by atoms with van der Waals surface area (Å²) in [6.07, 6.45) is 89.4. The Morgan fingerprint density at radius 3 is 1.03 bits per heavy atom. The van der Waals surface area contributed by atoms with Gasteiger partial charge in [0.25, 0.3) is 0 Å². The highest BCUT2D eigenvalue weighted by atomic mass is 16.3. The van der Waals surface area contributed by atoms with Crippen LogP contribution in [0.5, 0.6) is 0 Å². The Bertz CT molecular complexity index is 1340. The molecule has 0 rings (SSSR count). The molecule has 0 saturated heterocycles. The van der Waals surface area contributed by atoms with E-state index in [1.54, 1.807) is 6.08 Å². The number of hydrogen-bond acceptors (Lipinski definition) is 3. The van der Waals surface area contributed by atoms with E-state index in [1.165, 1.54) is 141 Å². The number of amides is 1. The fraction of sp³-hybridized carbons (Fsp3) is 0.672. The van der Waals surface area contributed by atoms with Crippen molar-refractivity contribution in [1.29, 1.82) is 0 Å². The van der Waals surface area contributed by atoms with Crippen LogP contribution in [-0.4, -0.2) is 34.9 Å². The van der Waals surface area contributed by atoms with Gasteiger partial charge in [-0.2, -0.15) is 0 Å². The van der Waals surface area contributed by atoms with Crippen LogP contribution in [0.25, 0.3) is 0 Å². The molecule has 0 aliphatic heterocycles. The van der Waals surface area contributed by atoms with E-state index in [4.69, 9.17) is 0 Å². The van der Waals surface area contributed by atoms with Gasteiger partial charge in [-0.3, -0.25) is 4.79 Å². The Kier molecular flexibility index (Phi) is 55.4. The third kappa shape index (κ3) is 53.7. The number of nitrogens with one attached hydrogen (secondary N) is 1. The lowest BCUT2D eigenvalue weighted by atomic mass is 10.0. The molecule has 0 aromatic carbocycles. The van der Waals surface area contributed by atoms with Crippen molar-refractivity contribution in [2.24, 2.45) is 0 Å². The maximum absolute atomic E-state index is 12.5. The first-order valence-corrected chi connectivity index (χ1v) is 28.7. The number of hydrogen-bond donors (Lipinski definition) is 3. The number of aliphatic hydroxyl groups excluding tert-OH is 2. The zero-order chi connectivity index (χ0) is 49.2. The van der Waals surface area contributed by atoms with Gasteiger partial charge >= 0.3 is 0 Å². The van der Waals surface area contributed by atoms with Gasteiger partial charge in [0.2, 0.25) is 5.91 Å². The van der Waals surface area contributed by atoms with E-state index < -0.39 is 12.1 Å². The van der Waals surface area contributed by atoms with Crippen molar-refractivity contribution in [3.8, 4) is 0 Å². The van der Waals surface area contributed by atoms with Crippen LogP contribution in [-0.2, 0) is 4.79 Å². The monoisotopic (exact) mass is 940 g/mol. The van der Waals surface area contributed by atoms with Gasteiger partial charge in [0.1, 0.15) is 0 Å². The highest BCUT2D eigenvalue weighted by molar-refractivity contribution is 5.76. The smallest absolute Gasteiger partial charge is 0.220 e. The Morgan fingerprint density at radius 2 is 0.662 bits per heavy atom. The molecule has 68 heavy (non-hydrogen) atoms. The fourth-order valence-electron chi connectivity index (χ4n) is 8.07. The lowest BCUT2D eigenvalue weighted by Crippen LogP contribution is -2.45. The standard InChI is InChI=1S/C64H109NO3/c1-3-5-7-9-11-13-15-17-19-21-23-25-27-29-30-31-32-33-34-36-37-39-41-43-45-47-49-51-53-55-57-59-63(67)62(61-66)65-64(68)60-58-56-54-52-50-48-46-44-42-40-38-35-28-26-24-22-20-18-16-14-12-10-8-6-4-2/h6,8,12,14,18,20,24,26,35,38,41-44,48-51,57,59,62-63,66-67H,3-5,7,9-11,13,15-17,19,21-23,25,27-34,36-37,39-40,45-47,52-56,58,60-61H2,1-2H3,(H,65,68)/b8-6-,14-12-,20-18-,26-24-,38-35-,43-41+,44-42-,50-48-,51-49+,59-57+. The molecular weight excluding hydrogens is 831 g/mol. The molecule has 0 saturated carbocycles. The summed E-state index contributed by atoms with van der Waals surface area (Å²) in [5.74, 6) is -0.113. The second-order valence-corrected chi connectivity index (χ2v) is 19.0. The lowest BCUT2D eigenvalue weighted by Gasteiger charge is -2.19. The third-order valence-corrected chi connectivity index (χ3v) is 12.4. The van der Waals surface area contributed by atoms with Crippen LogP contribution < -0.4 is 5.32 Å². The lowest BCUT2D eigenvalue weighted by molar-refractivity contribution is -0.123. The van der Waals surface area contributed by atoms with Crippen LogP contribution in [0.3, 0.4) is 0 Å². The quantitative estimate of drug-likeness (QED) is 0.0420. The minimum atomic E-state index is -0.895. The topological polar surface area (TPSA) is 69.6 Å². The molecule has 0 fully saturated rings. The summed E-state index contributed by atoms with van der Waals surface area (Å²) < 4.78 is 0. The van der Waals surface area contributed by atoms with E-state index in [0.29, 0.717) is 6.42 Å². The number of aliphatic hydroxyl groups is 2. The summed E-state index contributed by atoms with van der Waals surface area (Å²) in [5.41, 5.74) is 0. The number of carbonyl (C=O) groups is 1. The summed E-state index contributed by atoms with van der Waals surface area (Å²) in [5, 5.41) is 23.1. The van der Waals surface area contributed by atoms with E-state index in [2.05, 4.69) is 129 Å². The van der Waals surface area contributed by atoms with Crippen LogP contribution in [0.4, 0.5) is 0 Å². The molecule has 0 aliphatic rings. The van der Waals surface area contributed by atoms with Crippen LogP contribution in [0, 0.1) is 0 Å². The summed E-state index contributed by atoms with van der Waals surface area (Å²) >= 11 is 0. The zero-order valence-corrected chi connectivity index (χ0v) is 44.6. The van der Waals surface area contributed by atoms with Crippen LogP contribution in [0.2, 0.25) is 0 Å². The van der Waals surface area contributed by atoms with Crippen molar-refractivity contribution in [3.63, 3.8) is 0 Å². The first kappa shape index (κ1) is 64.8. The van der Waals surface area contributed by atoms with E-state index in [9.17, 15) is 15.0 Å². The van der Waals surface area contributed by atoms with Crippen molar-refractivity contribution in [2.75, 3.05) is 6.61 Å². The van der Waals surface area contributed by atoms with Crippen LogP contribution >= 0.6 is 0 Å². The highest BCUT2D eigenvalue weighted by Crippen LogP contribution is 2.16. The molecule has 0 bridgehead atoms. The molecule has 4 nitrogen and oxygen atoms in total. The maximum Gasteiger partial charge on any atom is 0.220 e. The summed E-state index contributed by atoms with van der Waals surface area (Å²) in [4.78, 5) is 12.5. The minimum Gasteiger partial charge on any atom is -0.394 e. The molecule has 0 radical (unpaired) electrons. The predicted molar refractivity (Wildman–Crippen MR) is 303 cm³/mol. The first-order valence-electron chi connectivity index (χ1n) is 28.7. The molecule has 2 atom stereocenters. The van der Waals surface area contributed by atoms with Gasteiger partial charge in [-0.1, -0.05) is 270 Å². The second kappa shape index (κ2) is 58.1. The Labute approximate surface area is 422 Å². The highest BCUT2D eigenvalue weighted by Gasteiger charge is 2.17. The van der Waals surface area contributed by atoms with Gasteiger partial charge in [-0.15, -0.1) is 0 Å². The van der Waals surface area contributed by atoms with Crippen LogP contribution in [0.1, 0.15) is 258 Å². The van der Waals surface area contributed by atoms with E-state index >= 15 is 0 Å². The number of rotatable bonds is 51. The Hall–Kier alpha value is -3.21. The average molecular weight is 941 g/mol. The van der Waals surface area contributed by atoms with Crippen molar-refractivity contribution < 1.29 is 15.0 Å². The zero-order valence-electron chi connectivity index (χ0n) is 44.6. The fourth-order valence-corrected chi connectivity index (χ4v) is 8.07. The van der Waals surface area contributed by atoms with E-state index in [0.717, 1.165) is 96.3 Å². The molecule has 0 aromatic rings. The SMILES string of the molecule is CC/C=C\C/C=C\C/C=C\C/C=C\C/C=C\C/C=C\C/C=C\CCCCCC(=O)NC(CO)C(O)/C=C/CC/C=C/CC/C=C/CCCCCCCCCCCCCCCCCCCCCCC. The van der Waals surface area contributed by atoms with E-state index in [1.807, 2.05) is 6.08 Å². The minimum absolute atomic E-state index is 0.113. The largest absolute Gasteiger partial charge is 0.394 e. The summed E-state index contributed by atoms with van der Waals surface area (Å²) in [6.45, 7) is 4.17. The van der Waals surface area contributed by atoms with Crippen molar-refractivity contribution in [2.45, 2.75) is 270 Å². The first-order chi connectivity index (χ1) is 33.7. The molecule has 1 amide bonds. The molecule has 0 aliphatic carbocycles. The number of allylic oxidation sites excluding steroid dienone is 19. The van der Waals surface area contributed by atoms with Crippen LogP contribution in [0.15, 0.2) is 122 Å². The van der Waals surface area contributed by atoms with Crippen molar-refractivity contribution >= 4 is 5.91 Å². The van der Waals surface area contributed by atoms with Gasteiger partial charge in [-0.25, -0.2) is 0 Å². The summed E-state index contributed by atoms with van der Waals surface area (Å²) in [6, 6.07) is -0.674. The average Bonchev–Trinajstić information content (AvgIpc) is 3.34. The number of unbranched alkanes of at least 4 members (excludes halogenated alkanes) is 26. The van der Waals surface area contributed by atoms with Gasteiger partial charge in [0.05, 0.1) is 18.8 Å². The molecule has 0 aromatic heterocycles. The van der Waals surface area contributed by atoms with Gasteiger partial charge in [0, 0.05) is 6.42 Å². The normalized spacial score (nSPS) is 13.8. The van der Waals surface area contributed by atoms with E-state index in [-0.39, 0.29) is 12.5 Å². The Balaban J connectivity index is 3.66. The predicted octanol–water partition coefficient (Wildman–Crippen LogP) is 19.2. The van der Waals surface area contributed by atoms with Gasteiger partial charge in [0.15, 0.2) is 0 Å². The van der Waals surface area contributed by atoms with Crippen molar-refractivity contribution in [3.05, 3.63) is 122 Å². The molecule has 2 unspecified atom stereocenters.